The Morgan fingerprint density at radius 3 is 2.58 bits per heavy atom. The van der Waals surface area contributed by atoms with Crippen LogP contribution in [0, 0.1) is 22.7 Å². The van der Waals surface area contributed by atoms with Gasteiger partial charge in [-0.15, -0.1) is 0 Å². The number of nitriles is 2. The van der Waals surface area contributed by atoms with Crippen LogP contribution in [0.5, 0.6) is 5.75 Å². The Labute approximate surface area is 154 Å². The fourth-order valence-corrected chi connectivity index (χ4v) is 2.63. The van der Waals surface area contributed by atoms with Gasteiger partial charge in [0.15, 0.2) is 0 Å². The minimum atomic E-state index is -0.0453. The summed E-state index contributed by atoms with van der Waals surface area (Å²) in [6.45, 7) is 0. The molecule has 0 aliphatic carbocycles. The van der Waals surface area contributed by atoms with Crippen LogP contribution >= 0.6 is 11.6 Å². The first-order chi connectivity index (χ1) is 12.5. The molecule has 0 atom stereocenters. The molecule has 3 aromatic rings. The first kappa shape index (κ1) is 17.1. The Morgan fingerprint density at radius 2 is 1.92 bits per heavy atom. The van der Waals surface area contributed by atoms with Crippen molar-refractivity contribution in [1.82, 2.24) is 9.78 Å². The number of aromatic hydroxyl groups is 1. The second-order valence-electron chi connectivity index (χ2n) is 5.34. The van der Waals surface area contributed by atoms with Gasteiger partial charge in [0.2, 0.25) is 0 Å². The zero-order chi connectivity index (χ0) is 18.7. The number of nitrogens with two attached hydrogens (primary N) is 1. The van der Waals surface area contributed by atoms with Crippen LogP contribution in [-0.2, 0) is 0 Å². The van der Waals surface area contributed by atoms with Gasteiger partial charge in [0.1, 0.15) is 35.0 Å². The maximum atomic E-state index is 9.96. The van der Waals surface area contributed by atoms with Crippen LogP contribution in [0.4, 0.5) is 5.82 Å². The first-order valence-electron chi connectivity index (χ1n) is 7.50. The molecule has 26 heavy (non-hydrogen) atoms. The highest BCUT2D eigenvalue weighted by molar-refractivity contribution is 6.30. The van der Waals surface area contributed by atoms with Crippen LogP contribution < -0.4 is 5.73 Å². The molecule has 0 aliphatic heterocycles. The Hall–Kier alpha value is -3.74. The van der Waals surface area contributed by atoms with Gasteiger partial charge in [-0.25, -0.2) is 4.68 Å². The van der Waals surface area contributed by atoms with Gasteiger partial charge in [-0.05, 0) is 36.4 Å². The Bertz CT molecular complexity index is 1090. The molecule has 0 saturated carbocycles. The Balaban J connectivity index is 2.19. The van der Waals surface area contributed by atoms with Crippen molar-refractivity contribution in [1.29, 1.82) is 10.5 Å². The molecule has 3 N–H and O–H groups in total. The van der Waals surface area contributed by atoms with Gasteiger partial charge in [0.05, 0.1) is 11.3 Å². The van der Waals surface area contributed by atoms with E-state index in [1.807, 2.05) is 30.3 Å². The Kier molecular flexibility index (Phi) is 4.62. The number of benzene rings is 2. The van der Waals surface area contributed by atoms with Crippen molar-refractivity contribution in [3.63, 3.8) is 0 Å². The molecular weight excluding hydrogens is 350 g/mol. The quantitative estimate of drug-likeness (QED) is 0.690. The summed E-state index contributed by atoms with van der Waals surface area (Å²) in [5.41, 5.74) is 7.36. The molecule has 7 heteroatoms. The van der Waals surface area contributed by atoms with E-state index in [4.69, 9.17) is 17.3 Å². The minimum absolute atomic E-state index is 0.0453. The highest BCUT2D eigenvalue weighted by Crippen LogP contribution is 2.30. The number of allylic oxidation sites excluding steroid dienone is 1. The summed E-state index contributed by atoms with van der Waals surface area (Å²) in [5.74, 6) is 0.0845. The van der Waals surface area contributed by atoms with Gasteiger partial charge >= 0.3 is 0 Å². The number of nitrogen functional groups attached to an aromatic ring is 1. The molecule has 0 unspecified atom stereocenters. The van der Waals surface area contributed by atoms with E-state index >= 15 is 0 Å². The molecule has 2 aromatic carbocycles. The third-order valence-corrected chi connectivity index (χ3v) is 3.93. The van der Waals surface area contributed by atoms with Crippen molar-refractivity contribution in [3.05, 3.63) is 70.4 Å². The van der Waals surface area contributed by atoms with Gasteiger partial charge in [-0.2, -0.15) is 15.6 Å². The van der Waals surface area contributed by atoms with E-state index in [1.165, 1.54) is 29.0 Å². The van der Waals surface area contributed by atoms with Crippen molar-refractivity contribution in [2.45, 2.75) is 0 Å². The number of phenolic OH excluding ortho intramolecular Hbond substituents is 1. The number of halogens is 1. The second kappa shape index (κ2) is 7.02. The van der Waals surface area contributed by atoms with Crippen LogP contribution in [0.15, 0.2) is 48.5 Å². The fraction of sp³-hybridized carbons (Fsp3) is 0. The molecule has 0 radical (unpaired) electrons. The summed E-state index contributed by atoms with van der Waals surface area (Å²) in [6, 6.07) is 17.5. The predicted molar refractivity (Wildman–Crippen MR) is 99.3 cm³/mol. The van der Waals surface area contributed by atoms with Crippen molar-refractivity contribution in [2.24, 2.45) is 0 Å². The van der Waals surface area contributed by atoms with E-state index in [0.29, 0.717) is 16.3 Å². The molecule has 0 spiro atoms. The maximum absolute atomic E-state index is 9.96. The van der Waals surface area contributed by atoms with Crippen LogP contribution in [0.25, 0.3) is 17.3 Å². The summed E-state index contributed by atoms with van der Waals surface area (Å²) in [5, 5.41) is 33.7. The van der Waals surface area contributed by atoms with Gasteiger partial charge in [-0.3, -0.25) is 0 Å². The van der Waals surface area contributed by atoms with Crippen molar-refractivity contribution >= 4 is 29.1 Å². The number of nitrogens with zero attached hydrogens (tertiary/aromatic N) is 4. The molecule has 0 bridgehead atoms. The third kappa shape index (κ3) is 3.10. The van der Waals surface area contributed by atoms with Gasteiger partial charge in [-0.1, -0.05) is 29.8 Å². The highest BCUT2D eigenvalue weighted by atomic mass is 35.5. The SMILES string of the molecule is N#C/C(=C\c1cc(Cl)ccc1O)c1nn(-c2ccccc2)c(N)c1C#N. The number of para-hydroxylation sites is 1. The molecular formula is C19H12ClN5O. The first-order valence-corrected chi connectivity index (χ1v) is 7.87. The largest absolute Gasteiger partial charge is 0.507 e. The van der Waals surface area contributed by atoms with Crippen molar-refractivity contribution < 1.29 is 5.11 Å². The number of anilines is 1. The van der Waals surface area contributed by atoms with E-state index in [0.717, 1.165) is 0 Å². The van der Waals surface area contributed by atoms with Crippen molar-refractivity contribution in [3.8, 4) is 23.6 Å². The van der Waals surface area contributed by atoms with Crippen molar-refractivity contribution in [2.75, 3.05) is 5.73 Å². The molecule has 6 nitrogen and oxygen atoms in total. The minimum Gasteiger partial charge on any atom is -0.507 e. The zero-order valence-electron chi connectivity index (χ0n) is 13.4. The third-order valence-electron chi connectivity index (χ3n) is 3.70. The lowest BCUT2D eigenvalue weighted by molar-refractivity contribution is 0.474. The average molecular weight is 362 g/mol. The van der Waals surface area contributed by atoms with Crippen LogP contribution in [0.3, 0.4) is 0 Å². The number of rotatable bonds is 3. The van der Waals surface area contributed by atoms with Gasteiger partial charge < -0.3 is 10.8 Å². The summed E-state index contributed by atoms with van der Waals surface area (Å²) >= 11 is 5.94. The summed E-state index contributed by atoms with van der Waals surface area (Å²) in [7, 11) is 0. The van der Waals surface area contributed by atoms with E-state index in [9.17, 15) is 15.6 Å². The average Bonchev–Trinajstić information content (AvgIpc) is 2.99. The smallest absolute Gasteiger partial charge is 0.145 e. The molecule has 0 amide bonds. The summed E-state index contributed by atoms with van der Waals surface area (Å²) in [4.78, 5) is 0. The zero-order valence-corrected chi connectivity index (χ0v) is 14.1. The van der Waals surface area contributed by atoms with Crippen LogP contribution in [0.2, 0.25) is 5.02 Å². The lowest BCUT2D eigenvalue weighted by Gasteiger charge is -2.02. The van der Waals surface area contributed by atoms with Gasteiger partial charge in [0.25, 0.3) is 0 Å². The fourth-order valence-electron chi connectivity index (χ4n) is 2.45. The highest BCUT2D eigenvalue weighted by Gasteiger charge is 2.20. The Morgan fingerprint density at radius 1 is 1.19 bits per heavy atom. The maximum Gasteiger partial charge on any atom is 0.145 e. The molecule has 0 fully saturated rings. The lowest BCUT2D eigenvalue weighted by Crippen LogP contribution is -2.02. The number of phenols is 1. The van der Waals surface area contributed by atoms with E-state index in [-0.39, 0.29) is 28.4 Å². The summed E-state index contributed by atoms with van der Waals surface area (Å²) < 4.78 is 1.40. The standard InChI is InChI=1S/C19H12ClN5O/c20-14-6-7-17(26)12(9-14)8-13(10-21)18-16(11-22)19(23)25(24-18)15-4-2-1-3-5-15/h1-9,26H,23H2/b13-8+. The van der Waals surface area contributed by atoms with Crippen LogP contribution in [0.1, 0.15) is 16.8 Å². The monoisotopic (exact) mass is 361 g/mol. The van der Waals surface area contributed by atoms with E-state index < -0.39 is 0 Å². The molecule has 1 heterocycles. The van der Waals surface area contributed by atoms with E-state index in [2.05, 4.69) is 5.10 Å². The molecule has 126 valence electrons. The predicted octanol–water partition coefficient (Wildman–Crippen LogP) is 3.75. The van der Waals surface area contributed by atoms with E-state index in [1.54, 1.807) is 12.1 Å². The molecule has 0 aliphatic rings. The number of aromatic nitrogens is 2. The second-order valence-corrected chi connectivity index (χ2v) is 5.78. The summed E-state index contributed by atoms with van der Waals surface area (Å²) in [6.07, 6.45) is 1.42. The molecule has 0 saturated heterocycles. The topological polar surface area (TPSA) is 112 Å². The lowest BCUT2D eigenvalue weighted by atomic mass is 10.1. The van der Waals surface area contributed by atoms with Crippen LogP contribution in [-0.4, -0.2) is 14.9 Å². The number of hydrogen-bond donors (Lipinski definition) is 2. The normalized spacial score (nSPS) is 11.0. The van der Waals surface area contributed by atoms with Gasteiger partial charge in [0, 0.05) is 10.6 Å². The molecule has 1 aromatic heterocycles. The molecule has 3 rings (SSSR count). The number of hydrogen-bond acceptors (Lipinski definition) is 5.